The highest BCUT2D eigenvalue weighted by molar-refractivity contribution is 7.94. The van der Waals surface area contributed by atoms with E-state index < -0.39 is 21.4 Å². The Morgan fingerprint density at radius 1 is 1.11 bits per heavy atom. The second-order valence-electron chi connectivity index (χ2n) is 8.68. The Hall–Kier alpha value is -3.01. The first-order valence-electron chi connectivity index (χ1n) is 11.1. The van der Waals surface area contributed by atoms with E-state index in [2.05, 4.69) is 10.3 Å². The molecule has 5 rings (SSSR count). The van der Waals surface area contributed by atoms with Gasteiger partial charge in [-0.3, -0.25) is 14.2 Å². The Labute approximate surface area is 211 Å². The predicted molar refractivity (Wildman–Crippen MR) is 139 cm³/mol. The number of aromatic nitrogens is 2. The number of fused-ring (bicyclic) bond motifs is 1. The Bertz CT molecular complexity index is 1570. The highest BCUT2D eigenvalue weighted by Gasteiger charge is 2.22. The van der Waals surface area contributed by atoms with E-state index >= 15 is 0 Å². The lowest BCUT2D eigenvalue weighted by atomic mass is 10.1. The van der Waals surface area contributed by atoms with E-state index in [0.717, 1.165) is 29.5 Å². The van der Waals surface area contributed by atoms with Crippen LogP contribution < -0.4 is 10.9 Å². The maximum Gasteiger partial charge on any atom is 0.265 e. The van der Waals surface area contributed by atoms with Crippen LogP contribution in [0.15, 0.2) is 69.9 Å². The zero-order valence-electron chi connectivity index (χ0n) is 18.6. The molecule has 0 aliphatic heterocycles. The van der Waals surface area contributed by atoms with Crippen molar-refractivity contribution in [2.75, 3.05) is 17.6 Å². The molecular formula is C25H22ClN3O4S2. The number of carbonyl (C=O) groups is 1. The summed E-state index contributed by atoms with van der Waals surface area (Å²) >= 11 is 6.75. The van der Waals surface area contributed by atoms with Gasteiger partial charge in [-0.25, -0.2) is 13.4 Å². The van der Waals surface area contributed by atoms with Crippen molar-refractivity contribution in [3.63, 3.8) is 0 Å². The number of anilines is 1. The number of rotatable bonds is 9. The molecule has 180 valence electrons. The molecule has 1 N–H and O–H groups in total. The molecule has 2 aromatic carbocycles. The lowest BCUT2D eigenvalue weighted by Crippen LogP contribution is -2.19. The van der Waals surface area contributed by atoms with Crippen molar-refractivity contribution in [3.05, 3.63) is 81.2 Å². The third kappa shape index (κ3) is 5.47. The number of carbonyl (C=O) groups excluding carboxylic acids is 1. The van der Waals surface area contributed by atoms with Crippen molar-refractivity contribution >= 4 is 55.1 Å². The molecule has 35 heavy (non-hydrogen) atoms. The third-order valence-corrected chi connectivity index (χ3v) is 9.36. The predicted octanol–water partition coefficient (Wildman–Crippen LogP) is 4.51. The van der Waals surface area contributed by atoms with Crippen LogP contribution in [0.4, 0.5) is 5.69 Å². The first-order chi connectivity index (χ1) is 16.8. The minimum Gasteiger partial charge on any atom is -0.385 e. The van der Waals surface area contributed by atoms with Gasteiger partial charge in [0.1, 0.15) is 16.3 Å². The van der Waals surface area contributed by atoms with E-state index in [1.807, 2.05) is 12.1 Å². The number of sulfone groups is 1. The molecule has 2 aromatic heterocycles. The first-order valence-corrected chi connectivity index (χ1v) is 14.0. The minimum atomic E-state index is -3.72. The summed E-state index contributed by atoms with van der Waals surface area (Å²) in [6.45, 7) is 0.936. The SMILES string of the molecule is O=C(Cc1ccc(-n2cnc3cc(NCC4CC4)ccc3c2=O)cc1)CS(=O)(=O)c1ccc(Cl)s1. The maximum atomic E-state index is 13.0. The van der Waals surface area contributed by atoms with Crippen molar-refractivity contribution in [3.8, 4) is 5.69 Å². The van der Waals surface area contributed by atoms with Crippen molar-refractivity contribution < 1.29 is 13.2 Å². The average Bonchev–Trinajstić information content (AvgIpc) is 3.55. The topological polar surface area (TPSA) is 98.1 Å². The monoisotopic (exact) mass is 527 g/mol. The number of nitrogens with one attached hydrogen (secondary N) is 1. The molecule has 1 saturated carbocycles. The van der Waals surface area contributed by atoms with Crippen LogP contribution in [0.5, 0.6) is 0 Å². The standard InChI is InChI=1S/C25H22ClN3O4S2/c26-23-9-10-24(34-23)35(32,33)14-20(30)11-16-3-6-19(7-4-16)29-15-28-22-12-18(27-13-17-1-2-17)5-8-21(22)25(29)31/h3-10,12,15,17,27H,1-2,11,13-14H2. The second kappa shape index (κ2) is 9.56. The van der Waals surface area contributed by atoms with Gasteiger partial charge in [-0.1, -0.05) is 23.7 Å². The minimum absolute atomic E-state index is 0.0277. The Morgan fingerprint density at radius 3 is 2.57 bits per heavy atom. The molecule has 0 radical (unpaired) electrons. The largest absolute Gasteiger partial charge is 0.385 e. The van der Waals surface area contributed by atoms with Crippen LogP contribution >= 0.6 is 22.9 Å². The van der Waals surface area contributed by atoms with Crippen molar-refractivity contribution in [1.82, 2.24) is 9.55 Å². The lowest BCUT2D eigenvalue weighted by molar-refractivity contribution is -0.116. The number of hydrogen-bond donors (Lipinski definition) is 1. The van der Waals surface area contributed by atoms with Crippen LogP contribution in [0.2, 0.25) is 4.34 Å². The number of ketones is 1. The van der Waals surface area contributed by atoms with Gasteiger partial charge in [0.05, 0.1) is 20.9 Å². The molecule has 0 saturated heterocycles. The molecule has 4 aromatic rings. The number of nitrogens with zero attached hydrogens (tertiary/aromatic N) is 2. The van der Waals surface area contributed by atoms with Gasteiger partial charge in [0, 0.05) is 18.7 Å². The van der Waals surface area contributed by atoms with E-state index in [1.165, 1.54) is 35.9 Å². The number of halogens is 1. The molecule has 10 heteroatoms. The second-order valence-corrected chi connectivity index (χ2v) is 12.6. The van der Waals surface area contributed by atoms with E-state index in [1.54, 1.807) is 30.3 Å². The Morgan fingerprint density at radius 2 is 1.89 bits per heavy atom. The third-order valence-electron chi connectivity index (χ3n) is 5.87. The Kier molecular flexibility index (Phi) is 6.48. The van der Waals surface area contributed by atoms with Crippen LogP contribution in [0.1, 0.15) is 18.4 Å². The van der Waals surface area contributed by atoms with Crippen LogP contribution in [0, 0.1) is 5.92 Å². The molecule has 0 bridgehead atoms. The summed E-state index contributed by atoms with van der Waals surface area (Å²) < 4.78 is 26.7. The van der Waals surface area contributed by atoms with Gasteiger partial charge in [-0.05, 0) is 66.8 Å². The van der Waals surface area contributed by atoms with E-state index in [9.17, 15) is 18.0 Å². The highest BCUT2D eigenvalue weighted by Crippen LogP contribution is 2.29. The summed E-state index contributed by atoms with van der Waals surface area (Å²) in [6.07, 6.45) is 3.99. The molecule has 0 amide bonds. The average molecular weight is 528 g/mol. The maximum absolute atomic E-state index is 13.0. The van der Waals surface area contributed by atoms with Gasteiger partial charge in [0.15, 0.2) is 15.6 Å². The zero-order chi connectivity index (χ0) is 24.6. The summed E-state index contributed by atoms with van der Waals surface area (Å²) in [5, 5.41) is 3.91. The number of benzene rings is 2. The smallest absolute Gasteiger partial charge is 0.265 e. The van der Waals surface area contributed by atoms with E-state index in [4.69, 9.17) is 11.6 Å². The molecule has 7 nitrogen and oxygen atoms in total. The number of Topliss-reactive ketones (excluding diaryl/α,β-unsaturated/α-hetero) is 1. The van der Waals surface area contributed by atoms with Gasteiger partial charge in [0.2, 0.25) is 0 Å². The molecule has 2 heterocycles. The lowest BCUT2D eigenvalue weighted by Gasteiger charge is -2.10. The fourth-order valence-corrected chi connectivity index (χ4v) is 6.61. The Balaban J connectivity index is 1.29. The normalized spacial score (nSPS) is 13.7. The quantitative estimate of drug-likeness (QED) is 0.344. The summed E-state index contributed by atoms with van der Waals surface area (Å²) in [6, 6.07) is 15.3. The molecular weight excluding hydrogens is 506 g/mol. The summed E-state index contributed by atoms with van der Waals surface area (Å²) in [7, 11) is -3.72. The zero-order valence-corrected chi connectivity index (χ0v) is 21.0. The number of hydrogen-bond acceptors (Lipinski definition) is 7. The summed E-state index contributed by atoms with van der Waals surface area (Å²) in [5.74, 6) is -0.260. The van der Waals surface area contributed by atoms with Gasteiger partial charge < -0.3 is 5.32 Å². The summed E-state index contributed by atoms with van der Waals surface area (Å²) in [5.41, 5.74) is 2.66. The van der Waals surface area contributed by atoms with E-state index in [0.29, 0.717) is 26.5 Å². The molecule has 1 aliphatic carbocycles. The van der Waals surface area contributed by atoms with Crippen molar-refractivity contribution in [2.24, 2.45) is 5.92 Å². The fraction of sp³-hybridized carbons (Fsp3) is 0.240. The first kappa shape index (κ1) is 23.7. The van der Waals surface area contributed by atoms with Gasteiger partial charge in [-0.15, -0.1) is 11.3 Å². The van der Waals surface area contributed by atoms with Crippen LogP contribution in [-0.4, -0.2) is 36.0 Å². The highest BCUT2D eigenvalue weighted by atomic mass is 35.5. The van der Waals surface area contributed by atoms with Crippen LogP contribution in [-0.2, 0) is 21.1 Å². The molecule has 0 unspecified atom stereocenters. The molecule has 1 fully saturated rings. The molecule has 0 atom stereocenters. The molecule has 0 spiro atoms. The van der Waals surface area contributed by atoms with Crippen LogP contribution in [0.3, 0.4) is 0 Å². The van der Waals surface area contributed by atoms with Crippen molar-refractivity contribution in [2.45, 2.75) is 23.5 Å². The van der Waals surface area contributed by atoms with Gasteiger partial charge in [-0.2, -0.15) is 0 Å². The number of thiophene rings is 1. The van der Waals surface area contributed by atoms with Gasteiger partial charge >= 0.3 is 0 Å². The summed E-state index contributed by atoms with van der Waals surface area (Å²) in [4.78, 5) is 29.9. The van der Waals surface area contributed by atoms with Crippen molar-refractivity contribution in [1.29, 1.82) is 0 Å². The fourth-order valence-electron chi connectivity index (χ4n) is 3.80. The van der Waals surface area contributed by atoms with Gasteiger partial charge in [0.25, 0.3) is 5.56 Å². The molecule has 1 aliphatic rings. The van der Waals surface area contributed by atoms with E-state index in [-0.39, 0.29) is 16.2 Å². The van der Waals surface area contributed by atoms with Crippen LogP contribution in [0.25, 0.3) is 16.6 Å².